The van der Waals surface area contributed by atoms with Crippen LogP contribution < -0.4 is 11.1 Å². The van der Waals surface area contributed by atoms with Crippen molar-refractivity contribution in [2.24, 2.45) is 10.7 Å². The lowest BCUT2D eigenvalue weighted by Gasteiger charge is -2.39. The number of morpholine rings is 1. The van der Waals surface area contributed by atoms with Crippen LogP contribution in [0.1, 0.15) is 46.0 Å². The second kappa shape index (κ2) is 9.15. The number of guanidine groups is 1. The van der Waals surface area contributed by atoms with E-state index in [1.807, 2.05) is 0 Å². The van der Waals surface area contributed by atoms with Crippen molar-refractivity contribution in [3.63, 3.8) is 0 Å². The van der Waals surface area contributed by atoms with E-state index in [-0.39, 0.29) is 29.5 Å². The Morgan fingerprint density at radius 1 is 1.24 bits per heavy atom. The zero-order valence-corrected chi connectivity index (χ0v) is 15.8. The number of ether oxygens (including phenoxy) is 1. The molecule has 0 aromatic carbocycles. The molecule has 5 nitrogen and oxygen atoms in total. The van der Waals surface area contributed by atoms with Crippen LogP contribution in [0.3, 0.4) is 0 Å². The van der Waals surface area contributed by atoms with Gasteiger partial charge in [-0.2, -0.15) is 0 Å². The van der Waals surface area contributed by atoms with Crippen molar-refractivity contribution in [2.45, 2.75) is 57.5 Å². The summed E-state index contributed by atoms with van der Waals surface area (Å²) in [6, 6.07) is 0.527. The first kappa shape index (κ1) is 19.0. The molecular weight excluding hydrogens is 379 g/mol. The van der Waals surface area contributed by atoms with Gasteiger partial charge in [-0.25, -0.2) is 0 Å². The van der Waals surface area contributed by atoms with Gasteiger partial charge in [0, 0.05) is 24.7 Å². The van der Waals surface area contributed by atoms with Gasteiger partial charge < -0.3 is 15.8 Å². The molecule has 3 N–H and O–H groups in total. The fourth-order valence-corrected chi connectivity index (χ4v) is 3.05. The number of nitrogens with zero attached hydrogens (tertiary/aromatic N) is 2. The van der Waals surface area contributed by atoms with Gasteiger partial charge in [-0.3, -0.25) is 9.89 Å². The first-order valence-electron chi connectivity index (χ1n) is 7.97. The third-order valence-corrected chi connectivity index (χ3v) is 4.46. The van der Waals surface area contributed by atoms with Crippen LogP contribution in [-0.2, 0) is 4.74 Å². The maximum absolute atomic E-state index is 6.04. The zero-order valence-electron chi connectivity index (χ0n) is 13.4. The smallest absolute Gasteiger partial charge is 0.188 e. The average molecular weight is 410 g/mol. The maximum atomic E-state index is 6.04. The molecule has 6 heteroatoms. The normalized spacial score (nSPS) is 22.7. The Kier molecular flexibility index (Phi) is 8.26. The van der Waals surface area contributed by atoms with Gasteiger partial charge in [0.1, 0.15) is 0 Å². The number of halogens is 1. The topological polar surface area (TPSA) is 62.9 Å². The third kappa shape index (κ3) is 6.28. The summed E-state index contributed by atoms with van der Waals surface area (Å²) in [6.45, 7) is 8.81. The van der Waals surface area contributed by atoms with Gasteiger partial charge in [-0.05, 0) is 26.7 Å². The summed E-state index contributed by atoms with van der Waals surface area (Å²) in [5.41, 5.74) is 6.08. The van der Waals surface area contributed by atoms with Crippen LogP contribution in [0.25, 0.3) is 0 Å². The first-order valence-corrected chi connectivity index (χ1v) is 7.97. The summed E-state index contributed by atoms with van der Waals surface area (Å²) in [5, 5.41) is 3.38. The lowest BCUT2D eigenvalue weighted by atomic mass is 9.96. The molecule has 0 bridgehead atoms. The van der Waals surface area contributed by atoms with Crippen LogP contribution in [-0.4, -0.2) is 55.3 Å². The Balaban J connectivity index is 0.00000220. The Morgan fingerprint density at radius 3 is 2.48 bits per heavy atom. The molecule has 1 heterocycles. The lowest BCUT2D eigenvalue weighted by Crippen LogP contribution is -2.52. The van der Waals surface area contributed by atoms with Gasteiger partial charge in [0.15, 0.2) is 5.96 Å². The molecule has 0 atom stereocenters. The fraction of sp³-hybridized carbons (Fsp3) is 0.933. The van der Waals surface area contributed by atoms with E-state index in [1.165, 1.54) is 32.1 Å². The van der Waals surface area contributed by atoms with Crippen molar-refractivity contribution in [1.29, 1.82) is 0 Å². The maximum Gasteiger partial charge on any atom is 0.188 e. The van der Waals surface area contributed by atoms with Crippen molar-refractivity contribution in [2.75, 3.05) is 32.8 Å². The Bertz CT molecular complexity index is 324. The molecule has 0 aromatic rings. The Morgan fingerprint density at radius 2 is 1.86 bits per heavy atom. The second-order valence-electron chi connectivity index (χ2n) is 6.59. The van der Waals surface area contributed by atoms with Crippen molar-refractivity contribution in [3.05, 3.63) is 0 Å². The van der Waals surface area contributed by atoms with Gasteiger partial charge in [0.2, 0.25) is 0 Å². The summed E-state index contributed by atoms with van der Waals surface area (Å²) < 4.78 is 5.41. The van der Waals surface area contributed by atoms with Crippen molar-refractivity contribution >= 4 is 29.9 Å². The lowest BCUT2D eigenvalue weighted by molar-refractivity contribution is -0.00683. The highest BCUT2D eigenvalue weighted by atomic mass is 127. The average Bonchev–Trinajstić information content (AvgIpc) is 2.47. The SMILES string of the molecule is CC(C)(CN=C(N)NC1CCCCC1)N1CCOCC1.I. The summed E-state index contributed by atoms with van der Waals surface area (Å²) in [4.78, 5) is 7.00. The highest BCUT2D eigenvalue weighted by Crippen LogP contribution is 2.18. The van der Waals surface area contributed by atoms with E-state index in [1.54, 1.807) is 0 Å². The second-order valence-corrected chi connectivity index (χ2v) is 6.59. The van der Waals surface area contributed by atoms with Gasteiger partial charge in [-0.1, -0.05) is 19.3 Å². The molecule has 0 unspecified atom stereocenters. The van der Waals surface area contributed by atoms with E-state index in [4.69, 9.17) is 10.5 Å². The molecule has 124 valence electrons. The number of hydrogen-bond donors (Lipinski definition) is 2. The highest BCUT2D eigenvalue weighted by Gasteiger charge is 2.28. The van der Waals surface area contributed by atoms with Crippen molar-refractivity contribution in [3.8, 4) is 0 Å². The van der Waals surface area contributed by atoms with E-state index in [2.05, 4.69) is 29.1 Å². The third-order valence-electron chi connectivity index (χ3n) is 4.46. The van der Waals surface area contributed by atoms with E-state index in [0.717, 1.165) is 32.8 Å². The molecule has 0 radical (unpaired) electrons. The molecule has 2 rings (SSSR count). The summed E-state index contributed by atoms with van der Waals surface area (Å²) >= 11 is 0. The number of rotatable bonds is 4. The van der Waals surface area contributed by atoms with Crippen LogP contribution in [0.15, 0.2) is 4.99 Å². The predicted molar refractivity (Wildman–Crippen MR) is 98.4 cm³/mol. The van der Waals surface area contributed by atoms with E-state index in [9.17, 15) is 0 Å². The summed E-state index contributed by atoms with van der Waals surface area (Å²) in [5.74, 6) is 0.609. The summed E-state index contributed by atoms with van der Waals surface area (Å²) in [7, 11) is 0. The fourth-order valence-electron chi connectivity index (χ4n) is 3.05. The number of aliphatic imine (C=N–C) groups is 1. The van der Waals surface area contributed by atoms with Gasteiger partial charge >= 0.3 is 0 Å². The van der Waals surface area contributed by atoms with Crippen LogP contribution >= 0.6 is 24.0 Å². The molecule has 0 spiro atoms. The first-order chi connectivity index (χ1) is 9.58. The number of nitrogens with two attached hydrogens (primary N) is 1. The minimum absolute atomic E-state index is 0. The Hall–Kier alpha value is -0.0800. The number of nitrogens with one attached hydrogen (secondary N) is 1. The highest BCUT2D eigenvalue weighted by molar-refractivity contribution is 14.0. The van der Waals surface area contributed by atoms with E-state index in [0.29, 0.717) is 12.0 Å². The number of hydrogen-bond acceptors (Lipinski definition) is 3. The van der Waals surface area contributed by atoms with Gasteiger partial charge in [-0.15, -0.1) is 24.0 Å². The Labute approximate surface area is 146 Å². The van der Waals surface area contributed by atoms with Crippen LogP contribution in [0.2, 0.25) is 0 Å². The molecule has 2 aliphatic rings. The molecular formula is C15H31IN4O. The molecule has 0 amide bonds. The quantitative estimate of drug-likeness (QED) is 0.423. The van der Waals surface area contributed by atoms with Gasteiger partial charge in [0.05, 0.1) is 19.8 Å². The van der Waals surface area contributed by atoms with Gasteiger partial charge in [0.25, 0.3) is 0 Å². The monoisotopic (exact) mass is 410 g/mol. The molecule has 1 saturated heterocycles. The van der Waals surface area contributed by atoms with Crippen LogP contribution in [0.4, 0.5) is 0 Å². The molecule has 1 aliphatic carbocycles. The zero-order chi connectivity index (χ0) is 14.4. The minimum atomic E-state index is 0. The van der Waals surface area contributed by atoms with Crippen molar-refractivity contribution < 1.29 is 4.74 Å². The predicted octanol–water partition coefficient (Wildman–Crippen LogP) is 1.95. The molecule has 1 aliphatic heterocycles. The van der Waals surface area contributed by atoms with Crippen LogP contribution in [0.5, 0.6) is 0 Å². The molecule has 2 fully saturated rings. The largest absolute Gasteiger partial charge is 0.379 e. The van der Waals surface area contributed by atoms with Crippen molar-refractivity contribution in [1.82, 2.24) is 10.2 Å². The minimum Gasteiger partial charge on any atom is -0.379 e. The van der Waals surface area contributed by atoms with E-state index < -0.39 is 0 Å². The molecule has 0 aromatic heterocycles. The molecule has 1 saturated carbocycles. The standard InChI is InChI=1S/C15H30N4O.HI/c1-15(2,19-8-10-20-11-9-19)12-17-14(16)18-13-6-4-3-5-7-13;/h13H,3-12H2,1-2H3,(H3,16,17,18);1H. The summed E-state index contributed by atoms with van der Waals surface area (Å²) in [6.07, 6.45) is 6.43. The van der Waals surface area contributed by atoms with E-state index >= 15 is 0 Å². The molecule has 21 heavy (non-hydrogen) atoms. The van der Waals surface area contributed by atoms with Crippen LogP contribution in [0, 0.1) is 0 Å².